The number of furan rings is 1. The predicted octanol–water partition coefficient (Wildman–Crippen LogP) is 2.15. The van der Waals surface area contributed by atoms with Crippen molar-refractivity contribution in [1.82, 2.24) is 15.1 Å². The molecular formula is C23H25N7O3. The summed E-state index contributed by atoms with van der Waals surface area (Å²) in [6.45, 7) is 2.09. The van der Waals surface area contributed by atoms with E-state index in [1.165, 1.54) is 0 Å². The van der Waals surface area contributed by atoms with E-state index >= 15 is 0 Å². The van der Waals surface area contributed by atoms with Crippen LogP contribution < -0.4 is 10.6 Å². The topological polar surface area (TPSA) is 138 Å². The zero-order valence-electron chi connectivity index (χ0n) is 18.2. The fraction of sp³-hybridized carbons (Fsp3) is 0.435. The number of amides is 2. The molecule has 0 bridgehead atoms. The first kappa shape index (κ1) is 22.2. The highest BCUT2D eigenvalue weighted by Crippen LogP contribution is 2.23. The number of carbonyl (C=O) groups is 2. The average Bonchev–Trinajstić information content (AvgIpc) is 3.46. The summed E-state index contributed by atoms with van der Waals surface area (Å²) >= 11 is 0. The van der Waals surface area contributed by atoms with Gasteiger partial charge in [-0.2, -0.15) is 10.5 Å². The van der Waals surface area contributed by atoms with Crippen molar-refractivity contribution < 1.29 is 14.0 Å². The van der Waals surface area contributed by atoms with E-state index < -0.39 is 6.04 Å². The fourth-order valence-corrected chi connectivity index (χ4v) is 4.21. The van der Waals surface area contributed by atoms with Gasteiger partial charge in [0.15, 0.2) is 6.19 Å². The molecule has 2 N–H and O–H groups in total. The van der Waals surface area contributed by atoms with Crippen LogP contribution in [0.5, 0.6) is 0 Å². The zero-order valence-corrected chi connectivity index (χ0v) is 18.2. The third kappa shape index (κ3) is 5.24. The van der Waals surface area contributed by atoms with Crippen LogP contribution in [0.3, 0.4) is 0 Å². The molecule has 2 saturated heterocycles. The van der Waals surface area contributed by atoms with Crippen LogP contribution in [0.25, 0.3) is 11.0 Å². The lowest BCUT2D eigenvalue weighted by atomic mass is 10.1. The van der Waals surface area contributed by atoms with Gasteiger partial charge in [-0.05, 0) is 50.3 Å². The molecule has 1 aromatic carbocycles. The predicted molar refractivity (Wildman–Crippen MR) is 121 cm³/mol. The molecule has 33 heavy (non-hydrogen) atoms. The van der Waals surface area contributed by atoms with Crippen molar-refractivity contribution in [1.29, 1.82) is 10.5 Å². The second kappa shape index (κ2) is 10.0. The Balaban J connectivity index is 1.50. The van der Waals surface area contributed by atoms with Crippen molar-refractivity contribution in [2.75, 3.05) is 31.5 Å². The molecule has 10 heteroatoms. The van der Waals surface area contributed by atoms with Crippen LogP contribution in [0.15, 0.2) is 33.7 Å². The van der Waals surface area contributed by atoms with Gasteiger partial charge in [0, 0.05) is 36.8 Å². The highest BCUT2D eigenvalue weighted by molar-refractivity contribution is 5.98. The van der Waals surface area contributed by atoms with E-state index in [9.17, 15) is 14.9 Å². The van der Waals surface area contributed by atoms with Crippen LogP contribution >= 0.6 is 0 Å². The van der Waals surface area contributed by atoms with Crippen molar-refractivity contribution >= 4 is 34.4 Å². The van der Waals surface area contributed by atoms with Gasteiger partial charge in [0.2, 0.25) is 23.5 Å². The molecule has 2 aromatic rings. The van der Waals surface area contributed by atoms with Crippen LogP contribution in [0, 0.1) is 22.8 Å². The van der Waals surface area contributed by atoms with Gasteiger partial charge in [0.25, 0.3) is 0 Å². The molecule has 2 aliphatic rings. The van der Waals surface area contributed by atoms with Crippen LogP contribution in [0.4, 0.5) is 5.69 Å². The lowest BCUT2D eigenvalue weighted by molar-refractivity contribution is -0.140. The number of rotatable bonds is 4. The summed E-state index contributed by atoms with van der Waals surface area (Å²) < 4.78 is 5.39. The number of nitrogens with one attached hydrogen (secondary N) is 2. The van der Waals surface area contributed by atoms with E-state index in [4.69, 9.17) is 9.68 Å². The maximum absolute atomic E-state index is 13.2. The third-order valence-corrected chi connectivity index (χ3v) is 5.89. The van der Waals surface area contributed by atoms with Gasteiger partial charge in [0.1, 0.15) is 17.7 Å². The molecule has 4 rings (SSSR count). The van der Waals surface area contributed by atoms with Gasteiger partial charge in [-0.15, -0.1) is 0 Å². The van der Waals surface area contributed by atoms with Crippen molar-refractivity contribution in [2.45, 2.75) is 38.1 Å². The number of carbonyl (C=O) groups excluding carboxylic acids is 2. The first-order valence-electron chi connectivity index (χ1n) is 11.1. The number of likely N-dealkylation sites (tertiary alicyclic amines) is 2. The van der Waals surface area contributed by atoms with Crippen LogP contribution in [0.2, 0.25) is 0 Å². The largest absolute Gasteiger partial charge is 0.446 e. The maximum Gasteiger partial charge on any atom is 0.247 e. The summed E-state index contributed by atoms with van der Waals surface area (Å²) in [6.07, 6.45) is 6.00. The highest BCUT2D eigenvalue weighted by Gasteiger charge is 2.30. The van der Waals surface area contributed by atoms with Gasteiger partial charge in [0.05, 0.1) is 6.54 Å². The van der Waals surface area contributed by atoms with Crippen LogP contribution in [-0.4, -0.2) is 59.8 Å². The normalized spacial score (nSPS) is 19.2. The molecule has 2 fully saturated rings. The number of anilines is 1. The number of guanidine groups is 1. The molecule has 0 radical (unpaired) electrons. The molecule has 0 saturated carbocycles. The van der Waals surface area contributed by atoms with Gasteiger partial charge in [-0.3, -0.25) is 14.9 Å². The summed E-state index contributed by atoms with van der Waals surface area (Å²) in [6, 6.07) is 8.11. The summed E-state index contributed by atoms with van der Waals surface area (Å²) in [4.78, 5) is 33.6. The van der Waals surface area contributed by atoms with Gasteiger partial charge >= 0.3 is 0 Å². The Labute approximate surface area is 191 Å². The lowest BCUT2D eigenvalue weighted by Gasteiger charge is -2.25. The third-order valence-electron chi connectivity index (χ3n) is 5.89. The molecule has 2 amide bonds. The number of fused-ring (bicyclic) bond motifs is 1. The summed E-state index contributed by atoms with van der Waals surface area (Å²) in [5, 5.41) is 24.5. The molecule has 2 aliphatic heterocycles. The Morgan fingerprint density at radius 1 is 1.15 bits per heavy atom. The first-order chi connectivity index (χ1) is 16.1. The van der Waals surface area contributed by atoms with Crippen LogP contribution in [-0.2, 0) is 9.59 Å². The molecule has 0 aliphatic carbocycles. The fourth-order valence-electron chi connectivity index (χ4n) is 4.21. The van der Waals surface area contributed by atoms with E-state index in [0.717, 1.165) is 44.2 Å². The van der Waals surface area contributed by atoms with E-state index in [1.807, 2.05) is 17.2 Å². The number of aliphatic imine (C=N–C) groups is 1. The maximum atomic E-state index is 13.2. The summed E-state index contributed by atoms with van der Waals surface area (Å²) in [5.74, 6) is 0.123. The minimum Gasteiger partial charge on any atom is -0.446 e. The van der Waals surface area contributed by atoms with Crippen molar-refractivity contribution in [3.05, 3.63) is 30.0 Å². The molecule has 3 heterocycles. The molecule has 10 nitrogen and oxygen atoms in total. The number of benzene rings is 1. The van der Waals surface area contributed by atoms with E-state index in [0.29, 0.717) is 24.2 Å². The molecule has 1 aromatic heterocycles. The van der Waals surface area contributed by atoms with Gasteiger partial charge in [-0.25, -0.2) is 4.99 Å². The minimum atomic E-state index is -0.690. The first-order valence-corrected chi connectivity index (χ1v) is 11.1. The molecular weight excluding hydrogens is 422 g/mol. The van der Waals surface area contributed by atoms with Crippen molar-refractivity contribution in [3.63, 3.8) is 0 Å². The van der Waals surface area contributed by atoms with Crippen molar-refractivity contribution in [3.8, 4) is 12.3 Å². The molecule has 170 valence electrons. The Hall–Kier alpha value is -4.05. The molecule has 1 unspecified atom stereocenters. The number of nitriles is 2. The van der Waals surface area contributed by atoms with E-state index in [-0.39, 0.29) is 30.1 Å². The summed E-state index contributed by atoms with van der Waals surface area (Å²) in [5.41, 5.74) is 1.19. The lowest BCUT2D eigenvalue weighted by Crippen LogP contribution is -2.45. The van der Waals surface area contributed by atoms with Gasteiger partial charge in [-0.1, -0.05) is 0 Å². The smallest absolute Gasteiger partial charge is 0.247 e. The Bertz CT molecular complexity index is 1150. The quantitative estimate of drug-likeness (QED) is 0.317. The van der Waals surface area contributed by atoms with Crippen LogP contribution in [0.1, 0.15) is 37.9 Å². The minimum absolute atomic E-state index is 0.0240. The highest BCUT2D eigenvalue weighted by atomic mass is 16.3. The van der Waals surface area contributed by atoms with E-state index in [1.54, 1.807) is 29.2 Å². The Morgan fingerprint density at radius 3 is 2.70 bits per heavy atom. The second-order valence-corrected chi connectivity index (χ2v) is 8.17. The molecule has 0 spiro atoms. The Kier molecular flexibility index (Phi) is 6.75. The SMILES string of the molecule is N#CNC(=NC1CCCCN(CC(=O)N2CCCC2)C1=O)Nc1ccc2oc(C#N)cc2c1. The monoisotopic (exact) mass is 447 g/mol. The Morgan fingerprint density at radius 2 is 1.94 bits per heavy atom. The number of hydrogen-bond acceptors (Lipinski definition) is 6. The standard InChI is InChI=1S/C23H25N7O3/c24-13-18-12-16-11-17(6-7-20(16)33-18)27-23(26-15-25)28-19-5-1-2-10-30(22(19)32)14-21(31)29-8-3-4-9-29/h6-7,11-12,19H,1-5,8-10,14H2,(H2,26,27,28). The summed E-state index contributed by atoms with van der Waals surface area (Å²) in [7, 11) is 0. The molecule has 1 atom stereocenters. The average molecular weight is 447 g/mol. The number of hydrogen-bond donors (Lipinski definition) is 2. The van der Waals surface area contributed by atoms with Crippen molar-refractivity contribution in [2.24, 2.45) is 4.99 Å². The number of nitrogens with zero attached hydrogens (tertiary/aromatic N) is 5. The van der Waals surface area contributed by atoms with E-state index in [2.05, 4.69) is 15.6 Å². The second-order valence-electron chi connectivity index (χ2n) is 8.17. The zero-order chi connectivity index (χ0) is 23.2. The van der Waals surface area contributed by atoms with Gasteiger partial charge < -0.3 is 19.5 Å².